The summed E-state index contributed by atoms with van der Waals surface area (Å²) in [5.74, 6) is 0.259. The van der Waals surface area contributed by atoms with Gasteiger partial charge in [0, 0.05) is 6.08 Å². The van der Waals surface area contributed by atoms with Crippen molar-refractivity contribution in [2.75, 3.05) is 14.2 Å². The normalized spacial score (nSPS) is 7.31. The van der Waals surface area contributed by atoms with Crippen molar-refractivity contribution < 1.29 is 14.3 Å². The zero-order chi connectivity index (χ0) is 10.9. The summed E-state index contributed by atoms with van der Waals surface area (Å²) < 4.78 is 8.86. The van der Waals surface area contributed by atoms with E-state index in [0.717, 1.165) is 11.6 Å². The van der Waals surface area contributed by atoms with E-state index in [1.807, 2.05) is 6.92 Å². The van der Waals surface area contributed by atoms with Gasteiger partial charge in [-0.2, -0.15) is 0 Å². The number of carbonyl (C=O) groups is 1. The first kappa shape index (κ1) is 14.0. The maximum Gasteiger partial charge on any atom is 0.329 e. The second kappa shape index (κ2) is 8.59. The van der Waals surface area contributed by atoms with Crippen LogP contribution in [0.4, 0.5) is 0 Å². The largest absolute Gasteiger partial charge is 0.497 e. The topological polar surface area (TPSA) is 35.5 Å². The quantitative estimate of drug-likeness (QED) is 0.291. The molecule has 0 saturated heterocycles. The predicted octanol–water partition coefficient (Wildman–Crippen LogP) is 2.07. The van der Waals surface area contributed by atoms with Crippen molar-refractivity contribution in [1.82, 2.24) is 0 Å². The summed E-state index contributed by atoms with van der Waals surface area (Å²) in [5, 5.41) is 0. The first-order valence-corrected chi connectivity index (χ1v) is 3.58. The third-order valence-corrected chi connectivity index (χ3v) is 1.09. The zero-order valence-electron chi connectivity index (χ0n) is 8.42. The molecule has 0 amide bonds. The molecular weight excluding hydrogens is 168 g/mol. The molecule has 0 spiro atoms. The van der Waals surface area contributed by atoms with Crippen molar-refractivity contribution >= 4 is 5.97 Å². The molecule has 0 fully saturated rings. The molecule has 0 rings (SSSR count). The van der Waals surface area contributed by atoms with Gasteiger partial charge in [0.25, 0.3) is 0 Å². The van der Waals surface area contributed by atoms with E-state index in [1.54, 1.807) is 7.11 Å². The fraction of sp³-hybridized carbons (Fsp3) is 0.300. The Labute approximate surface area is 79.3 Å². The Balaban J connectivity index is 0. The van der Waals surface area contributed by atoms with E-state index in [4.69, 9.17) is 4.74 Å². The van der Waals surface area contributed by atoms with Gasteiger partial charge in [-0.25, -0.2) is 4.79 Å². The molecule has 0 N–H and O–H groups in total. The highest BCUT2D eigenvalue weighted by Gasteiger charge is 1.86. The Morgan fingerprint density at radius 1 is 1.23 bits per heavy atom. The van der Waals surface area contributed by atoms with Crippen molar-refractivity contribution in [2.45, 2.75) is 6.92 Å². The highest BCUT2D eigenvalue weighted by atomic mass is 16.5. The first-order valence-electron chi connectivity index (χ1n) is 3.58. The van der Waals surface area contributed by atoms with Crippen LogP contribution in [0.3, 0.4) is 0 Å². The highest BCUT2D eigenvalue weighted by Crippen LogP contribution is 2.01. The molecule has 3 nitrogen and oxygen atoms in total. The van der Waals surface area contributed by atoms with E-state index in [9.17, 15) is 4.79 Å². The predicted molar refractivity (Wildman–Crippen MR) is 53.2 cm³/mol. The van der Waals surface area contributed by atoms with E-state index in [1.165, 1.54) is 7.11 Å². The van der Waals surface area contributed by atoms with Crippen LogP contribution in [0.2, 0.25) is 0 Å². The lowest BCUT2D eigenvalue weighted by Crippen LogP contribution is -1.91. The summed E-state index contributed by atoms with van der Waals surface area (Å²) in [6.07, 6.45) is 1.11. The first-order chi connectivity index (χ1) is 5.99. The maximum absolute atomic E-state index is 9.84. The number of allylic oxidation sites excluding steroid dienone is 1. The second-order valence-corrected chi connectivity index (χ2v) is 2.13. The van der Waals surface area contributed by atoms with Gasteiger partial charge in [-0.15, -0.1) is 0 Å². The molecule has 0 aliphatic heterocycles. The number of rotatable bonds is 3. The summed E-state index contributed by atoms with van der Waals surface area (Å²) in [4.78, 5) is 9.84. The number of esters is 1. The van der Waals surface area contributed by atoms with Crippen molar-refractivity contribution in [3.05, 3.63) is 37.1 Å². The van der Waals surface area contributed by atoms with Gasteiger partial charge in [-0.1, -0.05) is 19.7 Å². The van der Waals surface area contributed by atoms with Crippen LogP contribution in [-0.4, -0.2) is 20.2 Å². The molecule has 0 radical (unpaired) electrons. The van der Waals surface area contributed by atoms with Crippen LogP contribution in [0.15, 0.2) is 37.1 Å². The minimum atomic E-state index is -0.394. The van der Waals surface area contributed by atoms with Gasteiger partial charge in [0.05, 0.1) is 14.2 Å². The molecular formula is C10H16O3. The number of carbonyl (C=O) groups excluding carboxylic acids is 1. The van der Waals surface area contributed by atoms with Crippen molar-refractivity contribution in [3.63, 3.8) is 0 Å². The van der Waals surface area contributed by atoms with E-state index >= 15 is 0 Å². The van der Waals surface area contributed by atoms with Gasteiger partial charge in [-0.05, 0) is 12.5 Å². The summed E-state index contributed by atoms with van der Waals surface area (Å²) >= 11 is 0. The molecule has 0 aromatic heterocycles. The minimum absolute atomic E-state index is 0.394. The van der Waals surface area contributed by atoms with E-state index in [2.05, 4.69) is 24.5 Å². The average Bonchev–Trinajstić information content (AvgIpc) is 2.16. The Kier molecular flexibility index (Phi) is 9.27. The minimum Gasteiger partial charge on any atom is -0.497 e. The zero-order valence-corrected chi connectivity index (χ0v) is 8.42. The van der Waals surface area contributed by atoms with Gasteiger partial charge < -0.3 is 9.47 Å². The summed E-state index contributed by atoms with van der Waals surface area (Å²) in [7, 11) is 2.89. The van der Waals surface area contributed by atoms with Gasteiger partial charge in [0.1, 0.15) is 5.76 Å². The molecule has 0 unspecified atom stereocenters. The Morgan fingerprint density at radius 2 is 1.69 bits per heavy atom. The second-order valence-electron chi connectivity index (χ2n) is 2.13. The molecule has 0 bridgehead atoms. The van der Waals surface area contributed by atoms with Gasteiger partial charge in [-0.3, -0.25) is 0 Å². The van der Waals surface area contributed by atoms with Gasteiger partial charge in [0.2, 0.25) is 0 Å². The Morgan fingerprint density at radius 3 is 1.69 bits per heavy atom. The van der Waals surface area contributed by atoms with E-state index in [-0.39, 0.29) is 0 Å². The van der Waals surface area contributed by atoms with E-state index in [0.29, 0.717) is 5.76 Å². The van der Waals surface area contributed by atoms with Crippen LogP contribution in [0.1, 0.15) is 6.92 Å². The third kappa shape index (κ3) is 10.5. The van der Waals surface area contributed by atoms with Crippen LogP contribution < -0.4 is 0 Å². The Bertz CT molecular complexity index is 204. The molecule has 0 saturated carbocycles. The van der Waals surface area contributed by atoms with Crippen molar-refractivity contribution in [3.8, 4) is 0 Å². The maximum atomic E-state index is 9.84. The molecule has 3 heteroatoms. The number of ether oxygens (including phenoxy) is 2. The van der Waals surface area contributed by atoms with Crippen LogP contribution >= 0.6 is 0 Å². The molecule has 0 atom stereocenters. The molecule has 0 heterocycles. The lowest BCUT2D eigenvalue weighted by molar-refractivity contribution is -0.134. The number of hydrogen-bond acceptors (Lipinski definition) is 3. The highest BCUT2D eigenvalue weighted by molar-refractivity contribution is 5.80. The fourth-order valence-electron chi connectivity index (χ4n) is 0.258. The van der Waals surface area contributed by atoms with Crippen LogP contribution in [-0.2, 0) is 14.3 Å². The molecule has 74 valence electrons. The molecule has 13 heavy (non-hydrogen) atoms. The summed E-state index contributed by atoms with van der Waals surface area (Å²) in [6.45, 7) is 12.2. The monoisotopic (exact) mass is 184 g/mol. The average molecular weight is 184 g/mol. The van der Waals surface area contributed by atoms with Crippen molar-refractivity contribution in [2.24, 2.45) is 0 Å². The molecule has 0 aliphatic rings. The Hall–Kier alpha value is -1.51. The standard InChI is InChI=1S/C6H10O.C4H6O2/c1-5(2)6(3)7-4;1-3-4(5)6-2/h1,3H2,2,4H3;3H,1H2,2H3. The smallest absolute Gasteiger partial charge is 0.329 e. The van der Waals surface area contributed by atoms with Crippen LogP contribution in [0.25, 0.3) is 0 Å². The van der Waals surface area contributed by atoms with E-state index < -0.39 is 5.97 Å². The SMILES string of the molecule is C=C(C)C(=C)OC.C=CC(=O)OC. The van der Waals surface area contributed by atoms with Gasteiger partial charge in [0.15, 0.2) is 0 Å². The molecule has 0 aliphatic carbocycles. The third-order valence-electron chi connectivity index (χ3n) is 1.09. The number of hydrogen-bond donors (Lipinski definition) is 0. The molecule has 0 aromatic rings. The lowest BCUT2D eigenvalue weighted by Gasteiger charge is -1.98. The molecule has 0 aromatic carbocycles. The van der Waals surface area contributed by atoms with Crippen LogP contribution in [0, 0.1) is 0 Å². The number of methoxy groups -OCH3 is 2. The fourth-order valence-corrected chi connectivity index (χ4v) is 0.258. The lowest BCUT2D eigenvalue weighted by atomic mass is 10.3. The van der Waals surface area contributed by atoms with Crippen molar-refractivity contribution in [1.29, 1.82) is 0 Å². The van der Waals surface area contributed by atoms with Crippen LogP contribution in [0.5, 0.6) is 0 Å². The summed E-state index contributed by atoms with van der Waals surface area (Å²) in [5.41, 5.74) is 0.877. The summed E-state index contributed by atoms with van der Waals surface area (Å²) in [6, 6.07) is 0. The van der Waals surface area contributed by atoms with Gasteiger partial charge >= 0.3 is 5.97 Å².